The summed E-state index contributed by atoms with van der Waals surface area (Å²) < 4.78 is 48.0. The maximum atomic E-state index is 13.5. The van der Waals surface area contributed by atoms with Gasteiger partial charge in [0.05, 0.1) is 16.7 Å². The Morgan fingerprint density at radius 2 is 1.85 bits per heavy atom. The van der Waals surface area contributed by atoms with Crippen LogP contribution in [-0.4, -0.2) is 58.4 Å². The molecule has 8 nitrogen and oxygen atoms in total. The van der Waals surface area contributed by atoms with Crippen LogP contribution in [0.25, 0.3) is 0 Å². The van der Waals surface area contributed by atoms with Crippen LogP contribution in [0.4, 0.5) is 13.6 Å². The van der Waals surface area contributed by atoms with Crippen LogP contribution in [0.2, 0.25) is 10.0 Å². The lowest BCUT2D eigenvalue weighted by molar-refractivity contribution is -0.151. The topological polar surface area (TPSA) is 87.2 Å². The fraction of sp³-hybridized carbons (Fsp3) is 0.519. The highest BCUT2D eigenvalue weighted by atomic mass is 35.5. The Kier molecular flexibility index (Phi) is 9.89. The number of aromatic nitrogens is 1. The minimum Gasteiger partial charge on any atom is -0.489 e. The molecule has 1 amide bonds. The molecule has 1 saturated carbocycles. The van der Waals surface area contributed by atoms with Crippen LogP contribution in [0.3, 0.4) is 0 Å². The first-order valence-electron chi connectivity index (χ1n) is 12.7. The minimum absolute atomic E-state index is 0.0485. The molecule has 0 spiro atoms. The van der Waals surface area contributed by atoms with E-state index in [2.05, 4.69) is 9.72 Å². The predicted octanol–water partition coefficient (Wildman–Crippen LogP) is 6.92. The number of carbonyl (C=O) groups excluding carboxylic acids is 2. The largest absolute Gasteiger partial charge is 0.489 e. The molecule has 4 rings (SSSR count). The average Bonchev–Trinajstić information content (AvgIpc) is 3.56. The zero-order chi connectivity index (χ0) is 29.0. The van der Waals surface area contributed by atoms with Gasteiger partial charge in [-0.25, -0.2) is 9.59 Å². The van der Waals surface area contributed by atoms with E-state index >= 15 is 0 Å². The number of thioether (sulfide) groups is 1. The minimum atomic E-state index is -3.05. The third kappa shape index (κ3) is 8.27. The molecule has 2 aliphatic rings. The highest BCUT2D eigenvalue weighted by Crippen LogP contribution is 2.38. The summed E-state index contributed by atoms with van der Waals surface area (Å²) in [5.41, 5.74) is 0.179. The second kappa shape index (κ2) is 13.0. The SMILES string of the molecule is CC(C)(C)OC(=O)N1CCS[C@H]1C(=O)O[C@@H](Cc1c(Cl)cncc1Cl)c1ccc(OC(F)F)c(OCC2CC2)c1. The number of alkyl halides is 2. The van der Waals surface area contributed by atoms with Gasteiger partial charge in [-0.3, -0.25) is 9.88 Å². The summed E-state index contributed by atoms with van der Waals surface area (Å²) in [6.45, 7) is 2.83. The van der Waals surface area contributed by atoms with Crippen LogP contribution < -0.4 is 9.47 Å². The molecule has 2 heterocycles. The van der Waals surface area contributed by atoms with Crippen LogP contribution in [-0.2, 0) is 20.7 Å². The van der Waals surface area contributed by atoms with Crippen molar-refractivity contribution in [2.24, 2.45) is 5.92 Å². The third-order valence-corrected chi connectivity index (χ3v) is 7.88. The van der Waals surface area contributed by atoms with Gasteiger partial charge in [-0.05, 0) is 62.8 Å². The van der Waals surface area contributed by atoms with Gasteiger partial charge in [-0.15, -0.1) is 11.8 Å². The zero-order valence-corrected chi connectivity index (χ0v) is 24.5. The van der Waals surface area contributed by atoms with E-state index in [0.717, 1.165) is 12.8 Å². The zero-order valence-electron chi connectivity index (χ0n) is 22.2. The summed E-state index contributed by atoms with van der Waals surface area (Å²) in [6, 6.07) is 4.36. The standard InChI is InChI=1S/C27H30Cl2F2N2O6S/c1-27(2,3)39-26(35)33-8-9-40-23(33)24(34)37-21(11-17-18(28)12-32-13-19(17)29)16-6-7-20(38-25(30)31)22(10-16)36-14-15-4-5-15/h6-7,10,12-13,15,21,23,25H,4-5,8-9,11,14H2,1-3H3/t21-,23-/m0/s1. The number of nitrogens with zero attached hydrogens (tertiary/aromatic N) is 2. The van der Waals surface area contributed by atoms with Gasteiger partial charge in [0.1, 0.15) is 11.7 Å². The van der Waals surface area contributed by atoms with Crippen LogP contribution in [0.5, 0.6) is 11.5 Å². The van der Waals surface area contributed by atoms with Gasteiger partial charge in [-0.2, -0.15) is 8.78 Å². The van der Waals surface area contributed by atoms with Crippen LogP contribution >= 0.6 is 35.0 Å². The lowest BCUT2D eigenvalue weighted by atomic mass is 10.0. The first kappa shape index (κ1) is 30.5. The molecule has 1 aromatic carbocycles. The van der Waals surface area contributed by atoms with Gasteiger partial charge in [0, 0.05) is 31.1 Å². The van der Waals surface area contributed by atoms with Crippen molar-refractivity contribution in [3.63, 3.8) is 0 Å². The Hall–Kier alpha value is -2.50. The Balaban J connectivity index is 1.63. The molecule has 1 aromatic heterocycles. The molecule has 0 bridgehead atoms. The lowest BCUT2D eigenvalue weighted by Crippen LogP contribution is -2.43. The molecule has 2 aromatic rings. The smallest absolute Gasteiger partial charge is 0.411 e. The van der Waals surface area contributed by atoms with Crippen molar-refractivity contribution in [3.8, 4) is 11.5 Å². The highest BCUT2D eigenvalue weighted by molar-refractivity contribution is 8.00. The molecule has 2 atom stereocenters. The summed E-state index contributed by atoms with van der Waals surface area (Å²) in [5, 5.41) is -0.406. The van der Waals surface area contributed by atoms with Crippen LogP contribution in [0, 0.1) is 5.92 Å². The Bertz CT molecular complexity index is 1210. The van der Waals surface area contributed by atoms with Crippen LogP contribution in [0.1, 0.15) is 50.8 Å². The monoisotopic (exact) mass is 618 g/mol. The molecule has 218 valence electrons. The van der Waals surface area contributed by atoms with Crippen molar-refractivity contribution < 1.29 is 37.3 Å². The number of ether oxygens (including phenoxy) is 4. The second-order valence-corrected chi connectivity index (χ2v) is 12.4. The quantitative estimate of drug-likeness (QED) is 0.265. The number of carbonyl (C=O) groups is 2. The van der Waals surface area contributed by atoms with E-state index in [4.69, 9.17) is 37.4 Å². The number of halogens is 4. The van der Waals surface area contributed by atoms with E-state index in [1.807, 2.05) is 0 Å². The Morgan fingerprint density at radius 3 is 2.48 bits per heavy atom. The van der Waals surface area contributed by atoms with E-state index in [9.17, 15) is 18.4 Å². The van der Waals surface area contributed by atoms with Crippen molar-refractivity contribution in [3.05, 3.63) is 51.8 Å². The van der Waals surface area contributed by atoms with Crippen LogP contribution in [0.15, 0.2) is 30.6 Å². The summed E-state index contributed by atoms with van der Waals surface area (Å²) in [7, 11) is 0. The number of amides is 1. The first-order valence-corrected chi connectivity index (χ1v) is 14.5. The third-order valence-electron chi connectivity index (χ3n) is 6.05. The van der Waals surface area contributed by atoms with Crippen molar-refractivity contribution in [2.45, 2.75) is 63.7 Å². The number of hydrogen-bond donors (Lipinski definition) is 0. The van der Waals surface area contributed by atoms with Gasteiger partial charge in [0.25, 0.3) is 0 Å². The molecule has 2 fully saturated rings. The highest BCUT2D eigenvalue weighted by Gasteiger charge is 2.39. The maximum absolute atomic E-state index is 13.5. The van der Waals surface area contributed by atoms with Crippen molar-refractivity contribution >= 4 is 47.0 Å². The average molecular weight is 620 g/mol. The molecule has 0 N–H and O–H groups in total. The summed E-state index contributed by atoms with van der Waals surface area (Å²) in [4.78, 5) is 31.5. The Labute approximate surface area is 245 Å². The summed E-state index contributed by atoms with van der Waals surface area (Å²) >= 11 is 14.0. The van der Waals surface area contributed by atoms with Gasteiger partial charge in [0.2, 0.25) is 0 Å². The van der Waals surface area contributed by atoms with E-state index in [0.29, 0.717) is 35.9 Å². The second-order valence-electron chi connectivity index (χ2n) is 10.4. The number of esters is 1. The van der Waals surface area contributed by atoms with E-state index in [1.54, 1.807) is 20.8 Å². The van der Waals surface area contributed by atoms with E-state index in [1.165, 1.54) is 47.3 Å². The van der Waals surface area contributed by atoms with Crippen molar-refractivity contribution in [1.29, 1.82) is 0 Å². The fourth-order valence-electron chi connectivity index (χ4n) is 3.94. The van der Waals surface area contributed by atoms with Gasteiger partial charge in [0.15, 0.2) is 16.9 Å². The maximum Gasteiger partial charge on any atom is 0.411 e. The number of rotatable bonds is 10. The van der Waals surface area contributed by atoms with Gasteiger partial charge < -0.3 is 18.9 Å². The fourth-order valence-corrected chi connectivity index (χ4v) is 5.55. The predicted molar refractivity (Wildman–Crippen MR) is 147 cm³/mol. The molecule has 0 unspecified atom stereocenters. The normalized spacial score (nSPS) is 18.0. The summed E-state index contributed by atoms with van der Waals surface area (Å²) in [6.07, 6.45) is 3.29. The molecule has 1 saturated heterocycles. The lowest BCUT2D eigenvalue weighted by Gasteiger charge is -2.28. The Morgan fingerprint density at radius 1 is 1.15 bits per heavy atom. The molecular weight excluding hydrogens is 589 g/mol. The number of hydrogen-bond acceptors (Lipinski definition) is 8. The van der Waals surface area contributed by atoms with Gasteiger partial charge >= 0.3 is 18.7 Å². The number of benzene rings is 1. The molecule has 13 heteroatoms. The summed E-state index contributed by atoms with van der Waals surface area (Å²) in [5.74, 6) is 0.164. The molecule has 1 aliphatic heterocycles. The molecule has 1 aliphatic carbocycles. The molecule has 0 radical (unpaired) electrons. The molecule has 40 heavy (non-hydrogen) atoms. The number of pyridine rings is 1. The van der Waals surface area contributed by atoms with Crippen molar-refractivity contribution in [1.82, 2.24) is 9.88 Å². The van der Waals surface area contributed by atoms with Gasteiger partial charge in [-0.1, -0.05) is 29.3 Å². The van der Waals surface area contributed by atoms with Crippen molar-refractivity contribution in [2.75, 3.05) is 18.9 Å². The van der Waals surface area contributed by atoms with E-state index in [-0.39, 0.29) is 28.0 Å². The first-order chi connectivity index (χ1) is 18.9. The van der Waals surface area contributed by atoms with E-state index < -0.39 is 35.8 Å². The molecular formula is C27H30Cl2F2N2O6S.